The van der Waals surface area contributed by atoms with Gasteiger partial charge < -0.3 is 25.7 Å². The Balaban J connectivity index is 1.52. The fourth-order valence-corrected chi connectivity index (χ4v) is 4.30. The van der Waals surface area contributed by atoms with Crippen molar-refractivity contribution in [1.82, 2.24) is 4.72 Å². The molecule has 16 heteroatoms. The highest BCUT2D eigenvalue weighted by molar-refractivity contribution is 7.88. The molecule has 3 aromatic rings. The van der Waals surface area contributed by atoms with E-state index in [0.717, 1.165) is 6.26 Å². The highest BCUT2D eigenvalue weighted by Crippen LogP contribution is 2.37. The van der Waals surface area contributed by atoms with Crippen molar-refractivity contribution in [2.75, 3.05) is 46.4 Å². The fourth-order valence-electron chi connectivity index (χ4n) is 3.83. The van der Waals surface area contributed by atoms with Crippen molar-refractivity contribution in [3.05, 3.63) is 65.5 Å². The number of halogens is 4. The molecule has 0 fully saturated rings. The Kier molecular flexibility index (Phi) is 7.43. The predicted molar refractivity (Wildman–Crippen MR) is 137 cm³/mol. The average molecular weight is 570 g/mol. The van der Waals surface area contributed by atoms with Gasteiger partial charge in [0.1, 0.15) is 11.7 Å². The summed E-state index contributed by atoms with van der Waals surface area (Å²) in [4.78, 5) is 14.3. The molecule has 39 heavy (non-hydrogen) atoms. The number of nitrogens with two attached hydrogens (primary N) is 1. The van der Waals surface area contributed by atoms with Crippen LogP contribution in [0.3, 0.4) is 0 Å². The molecular formula is C23H23F4N7O4S. The number of amides is 2. The highest BCUT2D eigenvalue weighted by atomic mass is 32.2. The summed E-state index contributed by atoms with van der Waals surface area (Å²) in [5, 5.41) is 14.5. The number of fused-ring (bicyclic) bond motifs is 1. The molecule has 1 aromatic heterocycles. The number of primary amides is 1. The lowest BCUT2D eigenvalue weighted by Gasteiger charge is -2.30. The molecule has 6 N–H and O–H groups in total. The van der Waals surface area contributed by atoms with E-state index in [2.05, 4.69) is 15.4 Å². The zero-order valence-corrected chi connectivity index (χ0v) is 21.1. The van der Waals surface area contributed by atoms with E-state index in [9.17, 15) is 30.8 Å². The average Bonchev–Trinajstić information content (AvgIpc) is 3.27. The Hall–Kier alpha value is -4.31. The van der Waals surface area contributed by atoms with Crippen LogP contribution in [-0.4, -0.2) is 46.3 Å². The maximum absolute atomic E-state index is 14.5. The van der Waals surface area contributed by atoms with Gasteiger partial charge in [0.05, 0.1) is 35.4 Å². The molecule has 2 amide bonds. The molecule has 0 spiro atoms. The standard InChI is InChI=1S/C23H23F4N7O4S/c1-39(36,37)32-9-8-30-19-11-16-20(28)33(12-31-21(16)38-19)14-3-5-15(6-4-14)34(22(29)35)18-10-13(23(25,26)27)2-7-17(18)24/h2-7,10-11,28,30-32H,8-9,12H2,1H3,(H2,29,35). The quantitative estimate of drug-likeness (QED) is 0.204. The molecule has 0 saturated carbocycles. The Morgan fingerprint density at radius 1 is 1.18 bits per heavy atom. The molecule has 0 bridgehead atoms. The molecule has 1 aliphatic heterocycles. The number of rotatable bonds is 8. The van der Waals surface area contributed by atoms with Crippen molar-refractivity contribution in [2.24, 2.45) is 5.73 Å². The molecule has 2 heterocycles. The minimum Gasteiger partial charge on any atom is -0.425 e. The Labute approximate surface area is 220 Å². The molecule has 0 saturated heterocycles. The molecule has 0 aliphatic carbocycles. The number of nitrogens with one attached hydrogen (secondary N) is 4. The van der Waals surface area contributed by atoms with Gasteiger partial charge in [0.15, 0.2) is 5.88 Å². The van der Waals surface area contributed by atoms with Crippen LogP contribution < -0.4 is 30.9 Å². The van der Waals surface area contributed by atoms with Crippen LogP contribution in [0.4, 0.5) is 51.2 Å². The second-order valence-electron chi connectivity index (χ2n) is 8.41. The lowest BCUT2D eigenvalue weighted by molar-refractivity contribution is -0.137. The Bertz CT molecular complexity index is 1510. The van der Waals surface area contributed by atoms with E-state index in [0.29, 0.717) is 46.1 Å². The normalized spacial score (nSPS) is 13.6. The number of hydrogen-bond donors (Lipinski definition) is 5. The molecule has 2 aromatic carbocycles. The van der Waals surface area contributed by atoms with Crippen LogP contribution in [0, 0.1) is 11.2 Å². The molecule has 208 valence electrons. The van der Waals surface area contributed by atoms with E-state index in [1.54, 1.807) is 11.0 Å². The number of nitrogens with zero attached hydrogens (tertiary/aromatic N) is 2. The summed E-state index contributed by atoms with van der Waals surface area (Å²) in [5.74, 6) is -0.383. The molecule has 0 unspecified atom stereocenters. The number of furan rings is 1. The van der Waals surface area contributed by atoms with E-state index in [4.69, 9.17) is 15.6 Å². The maximum Gasteiger partial charge on any atom is 0.416 e. The first-order chi connectivity index (χ1) is 18.2. The summed E-state index contributed by atoms with van der Waals surface area (Å²) in [5.41, 5.74) is 4.48. The van der Waals surface area contributed by atoms with Crippen LogP contribution >= 0.6 is 0 Å². The van der Waals surface area contributed by atoms with Gasteiger partial charge in [-0.2, -0.15) is 13.2 Å². The summed E-state index contributed by atoms with van der Waals surface area (Å²) < 4.78 is 84.2. The van der Waals surface area contributed by atoms with Gasteiger partial charge in [-0.1, -0.05) is 0 Å². The first-order valence-corrected chi connectivity index (χ1v) is 13.1. The number of carbonyl (C=O) groups excluding carboxylic acids is 1. The van der Waals surface area contributed by atoms with Crippen molar-refractivity contribution >= 4 is 50.7 Å². The number of hydrogen-bond acceptors (Lipinski definition) is 7. The SMILES string of the molecule is CS(=O)(=O)NCCNc1cc2c(o1)NCN(c1ccc(N(C(N)=O)c3cc(C(F)(F)F)ccc3F)cc1)C2=N. The van der Waals surface area contributed by atoms with Gasteiger partial charge >= 0.3 is 12.2 Å². The van der Waals surface area contributed by atoms with Crippen molar-refractivity contribution < 1.29 is 35.2 Å². The van der Waals surface area contributed by atoms with Gasteiger partial charge in [-0.25, -0.2) is 22.3 Å². The molecular weight excluding hydrogens is 546 g/mol. The number of urea groups is 1. The zero-order valence-electron chi connectivity index (χ0n) is 20.3. The largest absolute Gasteiger partial charge is 0.425 e. The van der Waals surface area contributed by atoms with Gasteiger partial charge in [-0.3, -0.25) is 10.3 Å². The topological polar surface area (TPSA) is 157 Å². The van der Waals surface area contributed by atoms with Gasteiger partial charge in [-0.05, 0) is 42.5 Å². The summed E-state index contributed by atoms with van der Waals surface area (Å²) in [7, 11) is -3.33. The first-order valence-electron chi connectivity index (χ1n) is 11.2. The number of alkyl halides is 3. The van der Waals surface area contributed by atoms with Gasteiger partial charge in [-0.15, -0.1) is 0 Å². The van der Waals surface area contributed by atoms with Crippen LogP contribution in [0.2, 0.25) is 0 Å². The van der Waals surface area contributed by atoms with Crippen molar-refractivity contribution in [3.8, 4) is 0 Å². The van der Waals surface area contributed by atoms with Gasteiger partial charge in [0.2, 0.25) is 15.9 Å². The third-order valence-corrected chi connectivity index (χ3v) is 6.33. The van der Waals surface area contributed by atoms with Crippen molar-refractivity contribution in [2.45, 2.75) is 6.18 Å². The van der Waals surface area contributed by atoms with E-state index in [-0.39, 0.29) is 31.3 Å². The molecule has 11 nitrogen and oxygen atoms in total. The zero-order chi connectivity index (χ0) is 28.5. The third-order valence-electron chi connectivity index (χ3n) is 5.60. The Morgan fingerprint density at radius 3 is 2.49 bits per heavy atom. The van der Waals surface area contributed by atoms with Crippen LogP contribution in [0.25, 0.3) is 0 Å². The van der Waals surface area contributed by atoms with Crippen LogP contribution in [-0.2, 0) is 16.2 Å². The number of carbonyl (C=O) groups is 1. The summed E-state index contributed by atoms with van der Waals surface area (Å²) in [6, 6.07) is 7.76. The molecule has 4 rings (SSSR count). The van der Waals surface area contributed by atoms with E-state index >= 15 is 0 Å². The smallest absolute Gasteiger partial charge is 0.416 e. The fraction of sp³-hybridized carbons (Fsp3) is 0.217. The minimum absolute atomic E-state index is 0.0131. The van der Waals surface area contributed by atoms with Crippen molar-refractivity contribution in [1.29, 1.82) is 5.41 Å². The minimum atomic E-state index is -4.76. The van der Waals surface area contributed by atoms with Gasteiger partial charge in [0, 0.05) is 24.8 Å². The van der Waals surface area contributed by atoms with Crippen LogP contribution in [0.5, 0.6) is 0 Å². The second kappa shape index (κ2) is 10.5. The molecule has 0 radical (unpaired) electrons. The summed E-state index contributed by atoms with van der Waals surface area (Å²) in [6.07, 6.45) is -3.72. The van der Waals surface area contributed by atoms with E-state index < -0.39 is 39.3 Å². The lowest BCUT2D eigenvalue weighted by atomic mass is 10.1. The molecule has 0 atom stereocenters. The third kappa shape index (κ3) is 6.23. The number of amidine groups is 1. The summed E-state index contributed by atoms with van der Waals surface area (Å²) >= 11 is 0. The van der Waals surface area contributed by atoms with Crippen molar-refractivity contribution in [3.63, 3.8) is 0 Å². The van der Waals surface area contributed by atoms with E-state index in [1.165, 1.54) is 24.3 Å². The van der Waals surface area contributed by atoms with Crippen LogP contribution in [0.15, 0.2) is 52.9 Å². The second-order valence-corrected chi connectivity index (χ2v) is 10.2. The number of anilines is 5. The predicted octanol–water partition coefficient (Wildman–Crippen LogP) is 3.83. The molecule has 1 aliphatic rings. The monoisotopic (exact) mass is 569 g/mol. The highest BCUT2D eigenvalue weighted by Gasteiger charge is 2.33. The van der Waals surface area contributed by atoms with Gasteiger partial charge in [0.25, 0.3) is 0 Å². The Morgan fingerprint density at radius 2 is 1.87 bits per heavy atom. The first kappa shape index (κ1) is 27.7. The lowest BCUT2D eigenvalue weighted by Crippen LogP contribution is -2.39. The number of benzene rings is 2. The number of sulfonamides is 1. The maximum atomic E-state index is 14.5. The van der Waals surface area contributed by atoms with Crippen LogP contribution in [0.1, 0.15) is 11.1 Å². The summed E-state index contributed by atoms with van der Waals surface area (Å²) in [6.45, 7) is 0.483. The van der Waals surface area contributed by atoms with E-state index in [1.807, 2.05) is 0 Å².